The van der Waals surface area contributed by atoms with Gasteiger partial charge in [0.05, 0.1) is 13.1 Å². The van der Waals surface area contributed by atoms with Gasteiger partial charge in [-0.2, -0.15) is 4.98 Å². The molecule has 0 radical (unpaired) electrons. The van der Waals surface area contributed by atoms with Crippen LogP contribution in [-0.4, -0.2) is 63.2 Å². The highest BCUT2D eigenvalue weighted by Gasteiger charge is 2.25. The highest BCUT2D eigenvalue weighted by atomic mass is 16.5. The Balaban J connectivity index is 1.44. The topological polar surface area (TPSA) is 82.7 Å². The molecule has 1 saturated heterocycles. The summed E-state index contributed by atoms with van der Waals surface area (Å²) in [6.07, 6.45) is 3.62. The maximum Gasteiger partial charge on any atom is 0.317 e. The average molecular weight is 372 g/mol. The lowest BCUT2D eigenvalue weighted by Gasteiger charge is -2.36. The van der Waals surface area contributed by atoms with Crippen LogP contribution in [0, 0.1) is 0 Å². The van der Waals surface area contributed by atoms with E-state index in [2.05, 4.69) is 27.2 Å². The van der Waals surface area contributed by atoms with Gasteiger partial charge in [-0.1, -0.05) is 42.4 Å². The van der Waals surface area contributed by atoms with Gasteiger partial charge in [0, 0.05) is 25.6 Å². The zero-order valence-electron chi connectivity index (χ0n) is 15.9. The molecule has 1 aliphatic heterocycles. The second-order valence-corrected chi connectivity index (χ2v) is 7.05. The lowest BCUT2D eigenvalue weighted by Crippen LogP contribution is -2.46. The van der Waals surface area contributed by atoms with Crippen LogP contribution in [0.15, 0.2) is 34.9 Å². The van der Waals surface area contributed by atoms with Crippen molar-refractivity contribution in [2.75, 3.05) is 26.2 Å². The molecule has 1 N–H and O–H groups in total. The molecule has 0 atom stereocenters. The summed E-state index contributed by atoms with van der Waals surface area (Å²) in [7, 11) is 0. The quantitative estimate of drug-likeness (QED) is 0.723. The third-order valence-electron chi connectivity index (χ3n) is 5.17. The zero-order chi connectivity index (χ0) is 19.1. The molecule has 2 heterocycles. The second kappa shape index (κ2) is 9.62. The van der Waals surface area contributed by atoms with Crippen LogP contribution >= 0.6 is 0 Å². The lowest BCUT2D eigenvalue weighted by atomic mass is 10.0. The number of nitrogens with zero attached hydrogens (tertiary/aromatic N) is 4. The Morgan fingerprint density at radius 1 is 1.26 bits per heavy atom. The number of likely N-dealkylation sites (N-methyl/N-ethyl adjacent to an activating group) is 1. The number of carbonyl (C=O) groups is 1. The van der Waals surface area contributed by atoms with E-state index < -0.39 is 5.97 Å². The minimum absolute atomic E-state index is 0.121. The molecule has 1 fully saturated rings. The van der Waals surface area contributed by atoms with E-state index in [1.807, 2.05) is 30.0 Å². The van der Waals surface area contributed by atoms with Crippen LogP contribution in [0.5, 0.6) is 0 Å². The van der Waals surface area contributed by atoms with Gasteiger partial charge in [-0.3, -0.25) is 14.6 Å². The first-order valence-corrected chi connectivity index (χ1v) is 9.67. The van der Waals surface area contributed by atoms with E-state index >= 15 is 0 Å². The maximum atomic E-state index is 11.0. The molecule has 0 unspecified atom stereocenters. The fourth-order valence-corrected chi connectivity index (χ4v) is 3.66. The molecule has 3 rings (SSSR count). The molecule has 7 heteroatoms. The van der Waals surface area contributed by atoms with Gasteiger partial charge in [0.25, 0.3) is 0 Å². The largest absolute Gasteiger partial charge is 0.480 e. The summed E-state index contributed by atoms with van der Waals surface area (Å²) >= 11 is 0. The number of hydrogen-bond donors (Lipinski definition) is 1. The first kappa shape index (κ1) is 19.5. The van der Waals surface area contributed by atoms with E-state index in [0.717, 1.165) is 51.1 Å². The van der Waals surface area contributed by atoms with Gasteiger partial charge >= 0.3 is 5.97 Å². The number of likely N-dealkylation sites (tertiary alicyclic amines) is 1. The number of piperidine rings is 1. The standard InChI is InChI=1S/C20H28N4O3/c1-2-24(15-20(25)26)17-10-12-23(13-11-17)14-19-21-18(22-27-19)9-8-16-6-4-3-5-7-16/h3-7,17H,2,8-15H2,1H3,(H,25,26). The van der Waals surface area contributed by atoms with Crippen molar-refractivity contribution in [2.24, 2.45) is 0 Å². The van der Waals surface area contributed by atoms with Crippen molar-refractivity contribution in [3.8, 4) is 0 Å². The van der Waals surface area contributed by atoms with E-state index in [-0.39, 0.29) is 6.54 Å². The van der Waals surface area contributed by atoms with Crippen LogP contribution in [0.1, 0.15) is 37.0 Å². The van der Waals surface area contributed by atoms with Crippen molar-refractivity contribution in [1.29, 1.82) is 0 Å². The molecular formula is C20H28N4O3. The van der Waals surface area contributed by atoms with Crippen molar-refractivity contribution in [1.82, 2.24) is 19.9 Å². The summed E-state index contributed by atoms with van der Waals surface area (Å²) < 4.78 is 5.41. The van der Waals surface area contributed by atoms with E-state index in [0.29, 0.717) is 18.5 Å². The minimum Gasteiger partial charge on any atom is -0.480 e. The van der Waals surface area contributed by atoms with Gasteiger partial charge in [0.15, 0.2) is 5.82 Å². The van der Waals surface area contributed by atoms with Crippen LogP contribution < -0.4 is 0 Å². The van der Waals surface area contributed by atoms with Gasteiger partial charge in [0.2, 0.25) is 5.89 Å². The molecule has 1 aliphatic rings. The molecule has 1 aromatic carbocycles. The van der Waals surface area contributed by atoms with Crippen LogP contribution in [-0.2, 0) is 24.2 Å². The molecule has 0 saturated carbocycles. The molecule has 1 aromatic heterocycles. The predicted octanol–water partition coefficient (Wildman–Crippen LogP) is 2.23. The van der Waals surface area contributed by atoms with E-state index in [1.54, 1.807) is 0 Å². The predicted molar refractivity (Wildman–Crippen MR) is 101 cm³/mol. The Kier molecular flexibility index (Phi) is 6.95. The number of carboxylic acids is 1. The van der Waals surface area contributed by atoms with E-state index in [1.165, 1.54) is 5.56 Å². The second-order valence-electron chi connectivity index (χ2n) is 7.05. The minimum atomic E-state index is -0.756. The molecule has 0 amide bonds. The van der Waals surface area contributed by atoms with Gasteiger partial charge in [-0.05, 0) is 31.4 Å². The summed E-state index contributed by atoms with van der Waals surface area (Å²) in [4.78, 5) is 19.9. The van der Waals surface area contributed by atoms with Gasteiger partial charge in [-0.25, -0.2) is 0 Å². The smallest absolute Gasteiger partial charge is 0.317 e. The average Bonchev–Trinajstić information content (AvgIpc) is 3.13. The van der Waals surface area contributed by atoms with Crippen LogP contribution in [0.25, 0.3) is 0 Å². The molecule has 146 valence electrons. The third kappa shape index (κ3) is 5.87. The van der Waals surface area contributed by atoms with Crippen LogP contribution in [0.4, 0.5) is 0 Å². The number of rotatable bonds is 9. The molecule has 0 spiro atoms. The fraction of sp³-hybridized carbons (Fsp3) is 0.550. The maximum absolute atomic E-state index is 11.0. The first-order valence-electron chi connectivity index (χ1n) is 9.67. The molecule has 7 nitrogen and oxygen atoms in total. The Labute approximate surface area is 160 Å². The third-order valence-corrected chi connectivity index (χ3v) is 5.17. The van der Waals surface area contributed by atoms with E-state index in [9.17, 15) is 4.79 Å². The summed E-state index contributed by atoms with van der Waals surface area (Å²) in [5, 5.41) is 13.1. The number of aryl methyl sites for hydroxylation is 2. The molecular weight excluding hydrogens is 344 g/mol. The van der Waals surface area contributed by atoms with Gasteiger partial charge < -0.3 is 9.63 Å². The van der Waals surface area contributed by atoms with Crippen molar-refractivity contribution in [3.05, 3.63) is 47.6 Å². The number of aromatic nitrogens is 2. The molecule has 0 aliphatic carbocycles. The Morgan fingerprint density at radius 3 is 2.67 bits per heavy atom. The summed E-state index contributed by atoms with van der Waals surface area (Å²) in [5.74, 6) is 0.657. The van der Waals surface area contributed by atoms with Crippen LogP contribution in [0.2, 0.25) is 0 Å². The summed E-state index contributed by atoms with van der Waals surface area (Å²) in [5.41, 5.74) is 1.27. The SMILES string of the molecule is CCN(CC(=O)O)C1CCN(Cc2nc(CCc3ccccc3)no2)CC1. The Bertz CT molecular complexity index is 711. The summed E-state index contributed by atoms with van der Waals surface area (Å²) in [6.45, 7) is 5.41. The molecule has 2 aromatic rings. The van der Waals surface area contributed by atoms with Crippen molar-refractivity contribution in [2.45, 2.75) is 45.2 Å². The normalized spacial score (nSPS) is 16.1. The molecule has 0 bridgehead atoms. The van der Waals surface area contributed by atoms with Crippen molar-refractivity contribution < 1.29 is 14.4 Å². The number of hydrogen-bond acceptors (Lipinski definition) is 6. The first-order chi connectivity index (χ1) is 13.1. The zero-order valence-corrected chi connectivity index (χ0v) is 15.9. The monoisotopic (exact) mass is 372 g/mol. The van der Waals surface area contributed by atoms with Gasteiger partial charge in [0.1, 0.15) is 0 Å². The lowest BCUT2D eigenvalue weighted by molar-refractivity contribution is -0.139. The Morgan fingerprint density at radius 2 is 2.00 bits per heavy atom. The Hall–Kier alpha value is -2.25. The highest BCUT2D eigenvalue weighted by molar-refractivity contribution is 5.69. The number of carboxylic acid groups (broad SMARTS) is 1. The van der Waals surface area contributed by atoms with Crippen molar-refractivity contribution >= 4 is 5.97 Å². The van der Waals surface area contributed by atoms with Crippen LogP contribution in [0.3, 0.4) is 0 Å². The number of benzene rings is 1. The van der Waals surface area contributed by atoms with Crippen molar-refractivity contribution in [3.63, 3.8) is 0 Å². The fourth-order valence-electron chi connectivity index (χ4n) is 3.66. The highest BCUT2D eigenvalue weighted by Crippen LogP contribution is 2.18. The summed E-state index contributed by atoms with van der Waals surface area (Å²) in [6, 6.07) is 10.6. The van der Waals surface area contributed by atoms with E-state index in [4.69, 9.17) is 9.63 Å². The molecule has 27 heavy (non-hydrogen) atoms. The van der Waals surface area contributed by atoms with Gasteiger partial charge in [-0.15, -0.1) is 0 Å². The number of aliphatic carboxylic acids is 1.